The summed E-state index contributed by atoms with van der Waals surface area (Å²) in [4.78, 5) is 17.5. The summed E-state index contributed by atoms with van der Waals surface area (Å²) in [6.07, 6.45) is 4.86. The normalized spacial score (nSPS) is 22.6. The molecule has 5 nitrogen and oxygen atoms in total. The smallest absolute Gasteiger partial charge is 0.237 e. The lowest BCUT2D eigenvalue weighted by Crippen LogP contribution is -2.51. The second-order valence-corrected chi connectivity index (χ2v) is 10.5. The fourth-order valence-corrected chi connectivity index (χ4v) is 6.09. The van der Waals surface area contributed by atoms with E-state index < -0.39 is 9.84 Å². The first kappa shape index (κ1) is 20.3. The van der Waals surface area contributed by atoms with Crippen LogP contribution in [0.1, 0.15) is 51.5 Å². The van der Waals surface area contributed by atoms with Gasteiger partial charge in [-0.3, -0.25) is 9.69 Å². The molecular weight excluding hydrogens is 360 g/mol. The van der Waals surface area contributed by atoms with Gasteiger partial charge in [0.15, 0.2) is 9.84 Å². The predicted octanol–water partition coefficient (Wildman–Crippen LogP) is 2.86. The molecule has 1 aromatic carbocycles. The van der Waals surface area contributed by atoms with Crippen molar-refractivity contribution in [2.24, 2.45) is 0 Å². The number of benzene rings is 1. The van der Waals surface area contributed by atoms with Crippen LogP contribution in [-0.2, 0) is 21.2 Å². The molecule has 1 heterocycles. The monoisotopic (exact) mass is 392 g/mol. The van der Waals surface area contributed by atoms with Crippen molar-refractivity contribution < 1.29 is 13.2 Å². The highest BCUT2D eigenvalue weighted by molar-refractivity contribution is 7.91. The van der Waals surface area contributed by atoms with Crippen LogP contribution < -0.4 is 0 Å². The van der Waals surface area contributed by atoms with Crippen molar-refractivity contribution in [1.82, 2.24) is 9.80 Å². The van der Waals surface area contributed by atoms with Gasteiger partial charge in [-0.2, -0.15) is 0 Å². The number of hydrogen-bond acceptors (Lipinski definition) is 4. The first-order valence-electron chi connectivity index (χ1n) is 10.2. The highest BCUT2D eigenvalue weighted by Gasteiger charge is 2.39. The van der Waals surface area contributed by atoms with Crippen LogP contribution in [0.2, 0.25) is 0 Å². The topological polar surface area (TPSA) is 57.7 Å². The number of amides is 1. The standard InChI is InChI=1S/C21H32N2O3S/c1-17(2)22(14-18-8-4-3-5-9-18)15-21(24)23(19-10-6-7-11-19)20-12-13-27(25,26)16-20/h3-5,8-9,17,19-20H,6-7,10-16H2,1-2H3. The van der Waals surface area contributed by atoms with E-state index in [1.54, 1.807) is 0 Å². The molecule has 0 spiro atoms. The zero-order chi connectivity index (χ0) is 19.4. The molecule has 1 atom stereocenters. The van der Waals surface area contributed by atoms with Crippen LogP contribution in [0.25, 0.3) is 0 Å². The quantitative estimate of drug-likeness (QED) is 0.716. The van der Waals surface area contributed by atoms with Gasteiger partial charge in [0.2, 0.25) is 5.91 Å². The Hall–Kier alpha value is -1.40. The lowest BCUT2D eigenvalue weighted by atomic mass is 10.1. The van der Waals surface area contributed by atoms with Gasteiger partial charge >= 0.3 is 0 Å². The van der Waals surface area contributed by atoms with Crippen LogP contribution in [0.3, 0.4) is 0 Å². The van der Waals surface area contributed by atoms with Gasteiger partial charge in [0.1, 0.15) is 0 Å². The minimum Gasteiger partial charge on any atom is -0.335 e. The van der Waals surface area contributed by atoms with Crippen molar-refractivity contribution in [3.05, 3.63) is 35.9 Å². The molecule has 0 aromatic heterocycles. The zero-order valence-electron chi connectivity index (χ0n) is 16.5. The van der Waals surface area contributed by atoms with E-state index in [1.165, 1.54) is 5.56 Å². The second-order valence-electron chi connectivity index (χ2n) is 8.28. The third-order valence-electron chi connectivity index (χ3n) is 5.91. The van der Waals surface area contributed by atoms with Gasteiger partial charge in [0.25, 0.3) is 0 Å². The summed E-state index contributed by atoms with van der Waals surface area (Å²) in [6.45, 7) is 5.29. The van der Waals surface area contributed by atoms with Gasteiger partial charge in [0, 0.05) is 24.7 Å². The van der Waals surface area contributed by atoms with Crippen LogP contribution >= 0.6 is 0 Å². The highest BCUT2D eigenvalue weighted by atomic mass is 32.2. The van der Waals surface area contributed by atoms with Gasteiger partial charge in [-0.25, -0.2) is 8.42 Å². The summed E-state index contributed by atoms with van der Waals surface area (Å²) in [5, 5.41) is 0. The summed E-state index contributed by atoms with van der Waals surface area (Å²) >= 11 is 0. The Morgan fingerprint density at radius 1 is 1.07 bits per heavy atom. The van der Waals surface area contributed by atoms with Crippen LogP contribution in [-0.4, -0.2) is 60.3 Å². The molecule has 2 aliphatic rings. The minimum absolute atomic E-state index is 0.0913. The maximum Gasteiger partial charge on any atom is 0.237 e. The summed E-state index contributed by atoms with van der Waals surface area (Å²) < 4.78 is 24.0. The Labute approximate surface area is 163 Å². The number of hydrogen-bond donors (Lipinski definition) is 0. The van der Waals surface area contributed by atoms with Crippen molar-refractivity contribution in [2.75, 3.05) is 18.1 Å². The largest absolute Gasteiger partial charge is 0.335 e. The summed E-state index contributed by atoms with van der Waals surface area (Å²) in [5.41, 5.74) is 1.19. The average Bonchev–Trinajstić information content (AvgIpc) is 3.25. The molecule has 1 unspecified atom stereocenters. The SMILES string of the molecule is CC(C)N(CC(=O)N(C1CCCC1)C1CCS(=O)(=O)C1)Cc1ccccc1. The lowest BCUT2D eigenvalue weighted by Gasteiger charge is -2.36. The molecule has 3 rings (SSSR count). The van der Waals surface area contributed by atoms with Gasteiger partial charge in [-0.1, -0.05) is 43.2 Å². The Morgan fingerprint density at radius 2 is 1.74 bits per heavy atom. The number of rotatable bonds is 7. The third kappa shape index (κ3) is 5.32. The fraction of sp³-hybridized carbons (Fsp3) is 0.667. The van der Waals surface area contributed by atoms with E-state index >= 15 is 0 Å². The molecule has 0 N–H and O–H groups in total. The maximum atomic E-state index is 13.3. The van der Waals surface area contributed by atoms with Crippen molar-refractivity contribution >= 4 is 15.7 Å². The molecule has 1 aliphatic heterocycles. The zero-order valence-corrected chi connectivity index (χ0v) is 17.3. The molecule has 1 saturated carbocycles. The first-order chi connectivity index (χ1) is 12.9. The van der Waals surface area contributed by atoms with Crippen molar-refractivity contribution in [2.45, 2.75) is 70.6 Å². The predicted molar refractivity (Wildman–Crippen MR) is 108 cm³/mol. The van der Waals surface area contributed by atoms with Crippen LogP contribution in [0.5, 0.6) is 0 Å². The van der Waals surface area contributed by atoms with E-state index in [0.29, 0.717) is 13.0 Å². The van der Waals surface area contributed by atoms with Gasteiger partial charge in [0.05, 0.1) is 18.1 Å². The van der Waals surface area contributed by atoms with Crippen LogP contribution in [0.4, 0.5) is 0 Å². The molecule has 0 bridgehead atoms. The molecular formula is C21H32N2O3S. The minimum atomic E-state index is -3.00. The van der Waals surface area contributed by atoms with E-state index in [2.05, 4.69) is 30.9 Å². The molecule has 1 saturated heterocycles. The summed E-state index contributed by atoms with van der Waals surface area (Å²) in [5.74, 6) is 0.440. The molecule has 6 heteroatoms. The number of carbonyl (C=O) groups is 1. The molecule has 1 aromatic rings. The number of sulfone groups is 1. The number of carbonyl (C=O) groups excluding carboxylic acids is 1. The molecule has 0 radical (unpaired) electrons. The Balaban J connectivity index is 1.73. The van der Waals surface area contributed by atoms with Crippen LogP contribution in [0, 0.1) is 0 Å². The van der Waals surface area contributed by atoms with Gasteiger partial charge < -0.3 is 4.90 Å². The van der Waals surface area contributed by atoms with Gasteiger partial charge in [-0.05, 0) is 38.7 Å². The average molecular weight is 393 g/mol. The van der Waals surface area contributed by atoms with Crippen molar-refractivity contribution in [3.8, 4) is 0 Å². The van der Waals surface area contributed by atoms with Gasteiger partial charge in [-0.15, -0.1) is 0 Å². The van der Waals surface area contributed by atoms with E-state index in [1.807, 2.05) is 23.1 Å². The van der Waals surface area contributed by atoms with E-state index in [4.69, 9.17) is 0 Å². The molecule has 2 fully saturated rings. The molecule has 1 amide bonds. The lowest BCUT2D eigenvalue weighted by molar-refractivity contribution is -0.137. The highest BCUT2D eigenvalue weighted by Crippen LogP contribution is 2.29. The Bertz CT molecular complexity index is 727. The first-order valence-corrected chi connectivity index (χ1v) is 12.0. The van der Waals surface area contributed by atoms with Crippen molar-refractivity contribution in [3.63, 3.8) is 0 Å². The molecule has 27 heavy (non-hydrogen) atoms. The van der Waals surface area contributed by atoms with E-state index in [0.717, 1.165) is 32.2 Å². The van der Waals surface area contributed by atoms with E-state index in [-0.39, 0.29) is 35.5 Å². The van der Waals surface area contributed by atoms with E-state index in [9.17, 15) is 13.2 Å². The molecule has 150 valence electrons. The second kappa shape index (κ2) is 8.74. The fourth-order valence-electron chi connectivity index (χ4n) is 4.38. The van der Waals surface area contributed by atoms with Crippen molar-refractivity contribution in [1.29, 1.82) is 0 Å². The third-order valence-corrected chi connectivity index (χ3v) is 7.66. The molecule has 1 aliphatic carbocycles. The summed E-state index contributed by atoms with van der Waals surface area (Å²) in [6, 6.07) is 10.5. The maximum absolute atomic E-state index is 13.3. The summed E-state index contributed by atoms with van der Waals surface area (Å²) in [7, 11) is -3.00. The Morgan fingerprint density at radius 3 is 2.30 bits per heavy atom. The Kier molecular flexibility index (Phi) is 6.58. The van der Waals surface area contributed by atoms with Crippen LogP contribution in [0.15, 0.2) is 30.3 Å². The number of nitrogens with zero attached hydrogens (tertiary/aromatic N) is 2.